The lowest BCUT2D eigenvalue weighted by atomic mass is 9.71. The predicted octanol–water partition coefficient (Wildman–Crippen LogP) is 1.43. The maximum absolute atomic E-state index is 11.6. The Morgan fingerprint density at radius 2 is 1.78 bits per heavy atom. The molecule has 0 saturated heterocycles. The second kappa shape index (κ2) is 6.02. The normalized spacial score (nSPS) is 21.9. The number of amides is 1. The zero-order chi connectivity index (χ0) is 13.8. The van der Waals surface area contributed by atoms with E-state index in [4.69, 9.17) is 0 Å². The molecule has 0 atom stereocenters. The van der Waals surface area contributed by atoms with E-state index in [1.165, 1.54) is 0 Å². The molecule has 1 aliphatic rings. The molecule has 4 heteroatoms. The molecular formula is C14H28N2O2. The molecule has 1 amide bonds. The van der Waals surface area contributed by atoms with Crippen molar-refractivity contribution in [2.75, 3.05) is 13.1 Å². The first-order chi connectivity index (χ1) is 8.22. The minimum absolute atomic E-state index is 0.0399. The van der Waals surface area contributed by atoms with Crippen LogP contribution in [0.1, 0.15) is 53.4 Å². The number of nitrogens with one attached hydrogen (secondary N) is 2. The molecule has 0 aromatic rings. The van der Waals surface area contributed by atoms with Crippen LogP contribution in [0.5, 0.6) is 0 Å². The fourth-order valence-corrected chi connectivity index (χ4v) is 2.19. The Labute approximate surface area is 111 Å². The van der Waals surface area contributed by atoms with Gasteiger partial charge in [-0.1, -0.05) is 27.7 Å². The molecule has 1 fully saturated rings. The molecular weight excluding hydrogens is 228 g/mol. The van der Waals surface area contributed by atoms with Crippen molar-refractivity contribution in [1.82, 2.24) is 10.6 Å². The number of hydrogen-bond acceptors (Lipinski definition) is 3. The molecule has 0 unspecified atom stereocenters. The van der Waals surface area contributed by atoms with Gasteiger partial charge in [-0.05, 0) is 31.1 Å². The first-order valence-corrected chi connectivity index (χ1v) is 6.95. The van der Waals surface area contributed by atoms with Crippen LogP contribution in [-0.4, -0.2) is 35.7 Å². The molecule has 0 heterocycles. The highest BCUT2D eigenvalue weighted by atomic mass is 16.3. The van der Waals surface area contributed by atoms with Crippen molar-refractivity contribution in [3.63, 3.8) is 0 Å². The Bertz CT molecular complexity index is 278. The summed E-state index contributed by atoms with van der Waals surface area (Å²) in [6.07, 6.45) is 3.59. The van der Waals surface area contributed by atoms with Gasteiger partial charge < -0.3 is 15.7 Å². The zero-order valence-corrected chi connectivity index (χ0v) is 12.2. The Hall–Kier alpha value is -0.610. The van der Waals surface area contributed by atoms with E-state index in [2.05, 4.69) is 24.5 Å². The number of carbonyl (C=O) groups is 1. The number of hydrogen-bond donors (Lipinski definition) is 3. The van der Waals surface area contributed by atoms with Crippen LogP contribution in [-0.2, 0) is 4.79 Å². The molecule has 1 aliphatic carbocycles. The summed E-state index contributed by atoms with van der Waals surface area (Å²) >= 11 is 0. The highest BCUT2D eigenvalue weighted by Crippen LogP contribution is 2.39. The molecule has 0 aliphatic heterocycles. The predicted molar refractivity (Wildman–Crippen MR) is 73.3 cm³/mol. The lowest BCUT2D eigenvalue weighted by Gasteiger charge is -2.40. The first kappa shape index (κ1) is 15.4. The molecule has 4 nitrogen and oxygen atoms in total. The van der Waals surface area contributed by atoms with E-state index in [0.717, 1.165) is 25.7 Å². The smallest absolute Gasteiger partial charge is 0.234 e. The first-order valence-electron chi connectivity index (χ1n) is 6.95. The second-order valence-corrected chi connectivity index (χ2v) is 6.70. The monoisotopic (exact) mass is 256 g/mol. The molecule has 0 aromatic heterocycles. The van der Waals surface area contributed by atoms with Crippen molar-refractivity contribution in [1.29, 1.82) is 0 Å². The second-order valence-electron chi connectivity index (χ2n) is 6.70. The van der Waals surface area contributed by atoms with Crippen LogP contribution in [0.25, 0.3) is 0 Å². The molecule has 106 valence electrons. The van der Waals surface area contributed by atoms with Crippen molar-refractivity contribution >= 4 is 5.91 Å². The van der Waals surface area contributed by atoms with Gasteiger partial charge >= 0.3 is 0 Å². The third-order valence-corrected chi connectivity index (χ3v) is 3.82. The van der Waals surface area contributed by atoms with Crippen molar-refractivity contribution in [2.45, 2.75) is 65.0 Å². The summed E-state index contributed by atoms with van der Waals surface area (Å²) in [5.74, 6) is -0.0399. The minimum Gasteiger partial charge on any atom is -0.388 e. The average Bonchev–Trinajstić information content (AvgIpc) is 2.29. The molecule has 1 saturated carbocycles. The lowest BCUT2D eigenvalue weighted by Crippen LogP contribution is -2.48. The largest absolute Gasteiger partial charge is 0.388 e. The summed E-state index contributed by atoms with van der Waals surface area (Å²) in [5.41, 5.74) is -0.377. The van der Waals surface area contributed by atoms with Gasteiger partial charge in [0.1, 0.15) is 0 Å². The van der Waals surface area contributed by atoms with Crippen LogP contribution >= 0.6 is 0 Å². The van der Waals surface area contributed by atoms with Gasteiger partial charge in [0.05, 0.1) is 12.1 Å². The van der Waals surface area contributed by atoms with E-state index in [0.29, 0.717) is 24.5 Å². The minimum atomic E-state index is -0.705. The Morgan fingerprint density at radius 3 is 2.28 bits per heavy atom. The van der Waals surface area contributed by atoms with Gasteiger partial charge in [-0.3, -0.25) is 4.79 Å². The van der Waals surface area contributed by atoms with Crippen LogP contribution in [0.15, 0.2) is 0 Å². The van der Waals surface area contributed by atoms with Crippen LogP contribution in [0.3, 0.4) is 0 Å². The van der Waals surface area contributed by atoms with Gasteiger partial charge in [-0.2, -0.15) is 0 Å². The summed E-state index contributed by atoms with van der Waals surface area (Å²) in [6, 6.07) is 0.300. The number of carbonyl (C=O) groups excluding carboxylic acids is 1. The standard InChI is InChI=1S/C14H28N2O2/c1-11(2)15-9-12(17)16-10-14(18)7-5-13(3,4)6-8-14/h11,15,18H,5-10H2,1-4H3,(H,16,17). The average molecular weight is 256 g/mol. The van der Waals surface area contributed by atoms with Crippen LogP contribution < -0.4 is 10.6 Å². The third kappa shape index (κ3) is 5.36. The van der Waals surface area contributed by atoms with Gasteiger partial charge in [0.25, 0.3) is 0 Å². The Balaban J connectivity index is 2.28. The highest BCUT2D eigenvalue weighted by molar-refractivity contribution is 5.78. The number of aliphatic hydroxyl groups is 1. The van der Waals surface area contributed by atoms with E-state index in [-0.39, 0.29) is 5.91 Å². The molecule has 1 rings (SSSR count). The zero-order valence-electron chi connectivity index (χ0n) is 12.2. The van der Waals surface area contributed by atoms with E-state index >= 15 is 0 Å². The molecule has 0 spiro atoms. The van der Waals surface area contributed by atoms with Gasteiger partial charge in [0.15, 0.2) is 0 Å². The Kier molecular flexibility index (Phi) is 5.17. The lowest BCUT2D eigenvalue weighted by molar-refractivity contribution is -0.122. The fraction of sp³-hybridized carbons (Fsp3) is 0.929. The van der Waals surface area contributed by atoms with E-state index in [1.807, 2.05) is 13.8 Å². The summed E-state index contributed by atoms with van der Waals surface area (Å²) in [5, 5.41) is 16.3. The summed E-state index contributed by atoms with van der Waals surface area (Å²) in [4.78, 5) is 11.6. The van der Waals surface area contributed by atoms with Gasteiger partial charge in [-0.25, -0.2) is 0 Å². The number of rotatable bonds is 5. The van der Waals surface area contributed by atoms with E-state index in [1.54, 1.807) is 0 Å². The van der Waals surface area contributed by atoms with E-state index < -0.39 is 5.60 Å². The summed E-state index contributed by atoms with van der Waals surface area (Å²) in [7, 11) is 0. The maximum atomic E-state index is 11.6. The summed E-state index contributed by atoms with van der Waals surface area (Å²) in [6.45, 7) is 9.17. The fourth-order valence-electron chi connectivity index (χ4n) is 2.19. The van der Waals surface area contributed by atoms with E-state index in [9.17, 15) is 9.90 Å². The third-order valence-electron chi connectivity index (χ3n) is 3.82. The van der Waals surface area contributed by atoms with Crippen LogP contribution in [0, 0.1) is 5.41 Å². The van der Waals surface area contributed by atoms with Crippen molar-refractivity contribution in [3.8, 4) is 0 Å². The van der Waals surface area contributed by atoms with Crippen molar-refractivity contribution in [2.24, 2.45) is 5.41 Å². The highest BCUT2D eigenvalue weighted by Gasteiger charge is 2.36. The Morgan fingerprint density at radius 1 is 1.22 bits per heavy atom. The topological polar surface area (TPSA) is 61.4 Å². The van der Waals surface area contributed by atoms with Crippen molar-refractivity contribution < 1.29 is 9.90 Å². The van der Waals surface area contributed by atoms with Gasteiger partial charge in [-0.15, -0.1) is 0 Å². The van der Waals surface area contributed by atoms with Crippen molar-refractivity contribution in [3.05, 3.63) is 0 Å². The van der Waals surface area contributed by atoms with Crippen LogP contribution in [0.4, 0.5) is 0 Å². The molecule has 0 bridgehead atoms. The van der Waals surface area contributed by atoms with Crippen LogP contribution in [0.2, 0.25) is 0 Å². The SMILES string of the molecule is CC(C)NCC(=O)NCC1(O)CCC(C)(C)CC1. The molecule has 18 heavy (non-hydrogen) atoms. The van der Waals surface area contributed by atoms with Gasteiger partial charge in [0, 0.05) is 12.6 Å². The quantitative estimate of drug-likeness (QED) is 0.697. The molecule has 0 radical (unpaired) electrons. The molecule has 0 aromatic carbocycles. The maximum Gasteiger partial charge on any atom is 0.234 e. The van der Waals surface area contributed by atoms with Gasteiger partial charge in [0.2, 0.25) is 5.91 Å². The molecule has 3 N–H and O–H groups in total. The summed E-state index contributed by atoms with van der Waals surface area (Å²) < 4.78 is 0.